The third-order valence-corrected chi connectivity index (χ3v) is 5.56. The van der Waals surface area contributed by atoms with Crippen molar-refractivity contribution in [1.29, 1.82) is 0 Å². The summed E-state index contributed by atoms with van der Waals surface area (Å²) in [5, 5.41) is 0. The standard InChI is InChI=1S/C22H28N4O6S/c1-22(2,3)32-21(29)25(11-15-7-5-4-6-8-15)12-18(27)30-13-19-31-17(14-33-19)26-10-9-16(23)24-20(26)28/h4-10,17,19H,11-14H2,1-3H3,(H2,23,24,28). The van der Waals surface area contributed by atoms with E-state index in [-0.39, 0.29) is 25.5 Å². The van der Waals surface area contributed by atoms with Crippen LogP contribution in [0.1, 0.15) is 32.6 Å². The van der Waals surface area contributed by atoms with E-state index in [1.807, 2.05) is 30.3 Å². The minimum atomic E-state index is -0.700. The summed E-state index contributed by atoms with van der Waals surface area (Å²) in [4.78, 5) is 42.1. The molecule has 0 bridgehead atoms. The van der Waals surface area contributed by atoms with Crippen molar-refractivity contribution < 1.29 is 23.8 Å². The van der Waals surface area contributed by atoms with Crippen LogP contribution in [0.2, 0.25) is 0 Å². The predicted octanol–water partition coefficient (Wildman–Crippen LogP) is 2.39. The predicted molar refractivity (Wildman–Crippen MR) is 123 cm³/mol. The Morgan fingerprint density at radius 2 is 2.00 bits per heavy atom. The molecule has 2 N–H and O–H groups in total. The van der Waals surface area contributed by atoms with Crippen LogP contribution >= 0.6 is 11.8 Å². The van der Waals surface area contributed by atoms with Gasteiger partial charge in [-0.1, -0.05) is 30.3 Å². The van der Waals surface area contributed by atoms with Crippen molar-refractivity contribution in [3.8, 4) is 0 Å². The fraction of sp³-hybridized carbons (Fsp3) is 0.455. The first-order chi connectivity index (χ1) is 15.6. The maximum Gasteiger partial charge on any atom is 0.411 e. The lowest BCUT2D eigenvalue weighted by Gasteiger charge is -2.27. The van der Waals surface area contributed by atoms with Gasteiger partial charge in [-0.25, -0.2) is 9.59 Å². The lowest BCUT2D eigenvalue weighted by atomic mass is 10.2. The number of hydrogen-bond acceptors (Lipinski definition) is 9. The van der Waals surface area contributed by atoms with Crippen molar-refractivity contribution in [2.24, 2.45) is 0 Å². The number of thioether (sulfide) groups is 1. The van der Waals surface area contributed by atoms with Crippen molar-refractivity contribution in [3.63, 3.8) is 0 Å². The number of ether oxygens (including phenoxy) is 3. The minimum Gasteiger partial charge on any atom is -0.461 e. The Kier molecular flexibility index (Phi) is 7.98. The van der Waals surface area contributed by atoms with Crippen molar-refractivity contribution in [3.05, 3.63) is 58.6 Å². The number of nitrogens with two attached hydrogens (primary N) is 1. The average molecular weight is 477 g/mol. The summed E-state index contributed by atoms with van der Waals surface area (Å²) in [6.07, 6.45) is 0.382. The van der Waals surface area contributed by atoms with Crippen molar-refractivity contribution in [2.45, 2.75) is 44.6 Å². The molecule has 10 nitrogen and oxygen atoms in total. The van der Waals surface area contributed by atoms with Crippen LogP contribution in [0, 0.1) is 0 Å². The van der Waals surface area contributed by atoms with E-state index in [4.69, 9.17) is 19.9 Å². The van der Waals surface area contributed by atoms with Gasteiger partial charge in [0.05, 0.1) is 0 Å². The number of carbonyl (C=O) groups is 2. The quantitative estimate of drug-likeness (QED) is 0.599. The molecular weight excluding hydrogens is 448 g/mol. The van der Waals surface area contributed by atoms with E-state index in [0.29, 0.717) is 5.75 Å². The van der Waals surface area contributed by atoms with Crippen LogP contribution < -0.4 is 11.4 Å². The highest BCUT2D eigenvalue weighted by Crippen LogP contribution is 2.31. The van der Waals surface area contributed by atoms with Crippen LogP contribution in [-0.4, -0.2) is 56.5 Å². The Labute approximate surface area is 196 Å². The normalized spacial score (nSPS) is 18.0. The zero-order valence-corrected chi connectivity index (χ0v) is 19.6. The summed E-state index contributed by atoms with van der Waals surface area (Å²) >= 11 is 1.41. The van der Waals surface area contributed by atoms with Gasteiger partial charge in [-0.15, -0.1) is 11.8 Å². The molecule has 1 saturated heterocycles. The molecule has 1 aromatic carbocycles. The molecule has 2 aromatic rings. The molecule has 33 heavy (non-hydrogen) atoms. The molecule has 1 fully saturated rings. The van der Waals surface area contributed by atoms with Crippen LogP contribution in [0.15, 0.2) is 47.4 Å². The third-order valence-electron chi connectivity index (χ3n) is 4.46. The highest BCUT2D eigenvalue weighted by molar-refractivity contribution is 8.00. The van der Waals surface area contributed by atoms with Gasteiger partial charge in [0, 0.05) is 18.5 Å². The molecule has 3 rings (SSSR count). The van der Waals surface area contributed by atoms with Gasteiger partial charge in [0.1, 0.15) is 36.2 Å². The summed E-state index contributed by atoms with van der Waals surface area (Å²) in [6, 6.07) is 10.8. The van der Waals surface area contributed by atoms with Gasteiger partial charge < -0.3 is 19.9 Å². The highest BCUT2D eigenvalue weighted by atomic mass is 32.2. The van der Waals surface area contributed by atoms with Crippen LogP contribution in [-0.2, 0) is 25.5 Å². The number of amides is 1. The SMILES string of the molecule is CC(C)(C)OC(=O)N(CC(=O)OCC1OC(n2ccc(N)nc2=O)CS1)Cc1ccccc1. The fourth-order valence-corrected chi connectivity index (χ4v) is 3.99. The number of esters is 1. The maximum atomic E-state index is 12.6. The molecule has 0 saturated carbocycles. The van der Waals surface area contributed by atoms with E-state index in [2.05, 4.69) is 4.98 Å². The number of carbonyl (C=O) groups excluding carboxylic acids is 2. The Bertz CT molecular complexity index is 1020. The first-order valence-electron chi connectivity index (χ1n) is 10.4. The number of rotatable bonds is 7. The molecule has 0 aliphatic carbocycles. The van der Waals surface area contributed by atoms with E-state index < -0.39 is 35.0 Å². The molecule has 1 aromatic heterocycles. The lowest BCUT2D eigenvalue weighted by Crippen LogP contribution is -2.40. The summed E-state index contributed by atoms with van der Waals surface area (Å²) in [7, 11) is 0. The number of hydrogen-bond donors (Lipinski definition) is 1. The molecule has 2 heterocycles. The Morgan fingerprint density at radius 1 is 1.27 bits per heavy atom. The van der Waals surface area contributed by atoms with E-state index in [1.165, 1.54) is 33.5 Å². The number of benzene rings is 1. The molecule has 11 heteroatoms. The van der Waals surface area contributed by atoms with E-state index >= 15 is 0 Å². The Balaban J connectivity index is 1.55. The Hall–Kier alpha value is -3.05. The zero-order valence-electron chi connectivity index (χ0n) is 18.8. The lowest BCUT2D eigenvalue weighted by molar-refractivity contribution is -0.148. The number of nitrogens with zero attached hydrogens (tertiary/aromatic N) is 3. The number of anilines is 1. The van der Waals surface area contributed by atoms with Gasteiger partial charge in [-0.3, -0.25) is 14.3 Å². The second kappa shape index (κ2) is 10.7. The molecule has 1 amide bonds. The van der Waals surface area contributed by atoms with Gasteiger partial charge in [-0.05, 0) is 32.4 Å². The van der Waals surface area contributed by atoms with Crippen LogP contribution in [0.3, 0.4) is 0 Å². The van der Waals surface area contributed by atoms with Gasteiger partial charge in [0.15, 0.2) is 0 Å². The molecule has 1 aliphatic rings. The molecular formula is C22H28N4O6S. The third kappa shape index (κ3) is 7.50. The zero-order chi connectivity index (χ0) is 24.0. The summed E-state index contributed by atoms with van der Waals surface area (Å²) in [5.74, 6) is 0.0411. The number of nitrogen functional groups attached to an aromatic ring is 1. The first-order valence-corrected chi connectivity index (χ1v) is 11.4. The van der Waals surface area contributed by atoms with Gasteiger partial charge in [-0.2, -0.15) is 4.98 Å². The summed E-state index contributed by atoms with van der Waals surface area (Å²) < 4.78 is 17.9. The molecule has 0 radical (unpaired) electrons. The van der Waals surface area contributed by atoms with Gasteiger partial charge >= 0.3 is 17.8 Å². The average Bonchev–Trinajstić information content (AvgIpc) is 3.20. The van der Waals surface area contributed by atoms with Gasteiger partial charge in [0.25, 0.3) is 0 Å². The first kappa shape index (κ1) is 24.6. The summed E-state index contributed by atoms with van der Waals surface area (Å²) in [6.45, 7) is 5.19. The van der Waals surface area contributed by atoms with Crippen molar-refractivity contribution in [1.82, 2.24) is 14.5 Å². The largest absolute Gasteiger partial charge is 0.461 e. The van der Waals surface area contributed by atoms with Gasteiger partial charge in [0.2, 0.25) is 0 Å². The molecule has 1 aliphatic heterocycles. The van der Waals surface area contributed by atoms with E-state index in [9.17, 15) is 14.4 Å². The van der Waals surface area contributed by atoms with Crippen molar-refractivity contribution >= 4 is 29.6 Å². The molecule has 0 spiro atoms. The second-order valence-corrected chi connectivity index (χ2v) is 9.59. The smallest absolute Gasteiger partial charge is 0.411 e. The van der Waals surface area contributed by atoms with Crippen LogP contribution in [0.5, 0.6) is 0 Å². The molecule has 178 valence electrons. The highest BCUT2D eigenvalue weighted by Gasteiger charge is 2.30. The molecule has 2 unspecified atom stereocenters. The number of aromatic nitrogens is 2. The van der Waals surface area contributed by atoms with Crippen LogP contribution in [0.4, 0.5) is 10.6 Å². The fourth-order valence-electron chi connectivity index (χ4n) is 3.00. The second-order valence-electron chi connectivity index (χ2n) is 8.40. The summed E-state index contributed by atoms with van der Waals surface area (Å²) in [5.41, 5.74) is 4.71. The maximum absolute atomic E-state index is 12.6. The van der Waals surface area contributed by atoms with Crippen LogP contribution in [0.25, 0.3) is 0 Å². The minimum absolute atomic E-state index is 0.0232. The monoisotopic (exact) mass is 476 g/mol. The van der Waals surface area contributed by atoms with E-state index in [1.54, 1.807) is 20.8 Å². The topological polar surface area (TPSA) is 126 Å². The van der Waals surface area contributed by atoms with E-state index in [0.717, 1.165) is 5.56 Å². The Morgan fingerprint density at radius 3 is 2.67 bits per heavy atom. The molecule has 2 atom stereocenters. The van der Waals surface area contributed by atoms with Crippen molar-refractivity contribution in [2.75, 3.05) is 24.6 Å².